The maximum absolute atomic E-state index is 7.10. The number of aromatic nitrogens is 2. The van der Waals surface area contributed by atoms with Gasteiger partial charge in [0.15, 0.2) is 0 Å². The van der Waals surface area contributed by atoms with E-state index in [1.807, 2.05) is 24.5 Å². The third-order valence-electron chi connectivity index (χ3n) is 13.2. The molecule has 0 saturated heterocycles. The molecule has 2 atom stereocenters. The van der Waals surface area contributed by atoms with Crippen molar-refractivity contribution in [2.75, 3.05) is 0 Å². The highest BCUT2D eigenvalue weighted by Crippen LogP contribution is 2.57. The SMILES string of the molecule is c1ccc(C2(c3ccccn3)c3ccccc3-c3ccccc3-c3cc(Oc4ccc5c(c4)-c4ccccc4-c4ccccc4C5(c4ccccc4)c4ccccn4)ccc32)cc1. The standard InChI is InChI=1S/C60H40N2O/c1-3-19-41(20-4-1)59(57-31-15-17-37-61-57)53-29-13-11-27-49(53)45-23-7-9-25-47(45)51-39-43(33-35-55(51)59)63-44-34-36-56-52(40-44)48-26-10-8-24-46(48)50-28-12-14-30-54(50)60(56,42-21-5-2-6-22-42)58-32-16-18-38-62-58/h1-40H. The second-order valence-corrected chi connectivity index (χ2v) is 16.4. The van der Waals surface area contributed by atoms with Gasteiger partial charge in [0, 0.05) is 12.4 Å². The van der Waals surface area contributed by atoms with Crippen molar-refractivity contribution in [3.63, 3.8) is 0 Å². The number of hydrogen-bond acceptors (Lipinski definition) is 3. The van der Waals surface area contributed by atoms with E-state index in [0.29, 0.717) is 0 Å². The molecule has 63 heavy (non-hydrogen) atoms. The van der Waals surface area contributed by atoms with Gasteiger partial charge in [-0.15, -0.1) is 0 Å². The van der Waals surface area contributed by atoms with Crippen molar-refractivity contribution in [1.82, 2.24) is 9.97 Å². The topological polar surface area (TPSA) is 35.0 Å². The summed E-state index contributed by atoms with van der Waals surface area (Å²) in [7, 11) is 0. The number of nitrogens with zero attached hydrogens (tertiary/aromatic N) is 2. The minimum absolute atomic E-state index is 0.721. The van der Waals surface area contributed by atoms with Gasteiger partial charge in [-0.3, -0.25) is 9.97 Å². The molecule has 10 aromatic rings. The molecule has 0 spiro atoms. The average Bonchev–Trinajstić information content (AvgIpc) is 3.54. The summed E-state index contributed by atoms with van der Waals surface area (Å²) in [4.78, 5) is 10.3. The Balaban J connectivity index is 1.09. The Kier molecular flexibility index (Phi) is 8.62. The van der Waals surface area contributed by atoms with E-state index < -0.39 is 10.8 Å². The molecule has 2 aromatic heterocycles. The van der Waals surface area contributed by atoms with Crippen LogP contribution in [0.5, 0.6) is 11.5 Å². The zero-order valence-corrected chi connectivity index (χ0v) is 34.4. The van der Waals surface area contributed by atoms with E-state index in [-0.39, 0.29) is 0 Å². The molecule has 0 N–H and O–H groups in total. The number of ether oxygens (including phenoxy) is 1. The monoisotopic (exact) mass is 804 g/mol. The quantitative estimate of drug-likeness (QED) is 0.168. The van der Waals surface area contributed by atoms with Gasteiger partial charge in [-0.2, -0.15) is 0 Å². The number of pyridine rings is 2. The molecular weight excluding hydrogens is 765 g/mol. The van der Waals surface area contributed by atoms with E-state index in [4.69, 9.17) is 14.7 Å². The minimum Gasteiger partial charge on any atom is -0.457 e. The van der Waals surface area contributed by atoms with Crippen molar-refractivity contribution in [2.24, 2.45) is 0 Å². The summed E-state index contributed by atoms with van der Waals surface area (Å²) in [5.41, 5.74) is 16.7. The molecule has 0 aliphatic heterocycles. The van der Waals surface area contributed by atoms with Crippen LogP contribution in [0, 0.1) is 0 Å². The zero-order chi connectivity index (χ0) is 41.8. The summed E-state index contributed by atoms with van der Waals surface area (Å²) in [5, 5.41) is 0. The van der Waals surface area contributed by atoms with Crippen molar-refractivity contribution >= 4 is 0 Å². The number of hydrogen-bond donors (Lipinski definition) is 0. The molecule has 0 fully saturated rings. The van der Waals surface area contributed by atoms with Crippen molar-refractivity contribution in [1.29, 1.82) is 0 Å². The summed E-state index contributed by atoms with van der Waals surface area (Å²) in [5.74, 6) is 1.50. The highest BCUT2D eigenvalue weighted by atomic mass is 16.5. The van der Waals surface area contributed by atoms with Gasteiger partial charge in [0.2, 0.25) is 0 Å². The summed E-state index contributed by atoms with van der Waals surface area (Å²) >= 11 is 0. The Hall–Kier alpha value is -8.14. The molecule has 296 valence electrons. The van der Waals surface area contributed by atoms with Crippen LogP contribution in [0.1, 0.15) is 44.8 Å². The molecule has 2 unspecified atom stereocenters. The van der Waals surface area contributed by atoms with Crippen molar-refractivity contribution in [3.05, 3.63) is 288 Å². The van der Waals surface area contributed by atoms with Crippen molar-refractivity contribution in [3.8, 4) is 56.0 Å². The van der Waals surface area contributed by atoms with Gasteiger partial charge < -0.3 is 4.74 Å². The Morgan fingerprint density at radius 1 is 0.270 bits per heavy atom. The lowest BCUT2D eigenvalue weighted by Gasteiger charge is -2.37. The molecule has 3 heteroatoms. The van der Waals surface area contributed by atoms with Crippen LogP contribution in [0.4, 0.5) is 0 Å². The maximum Gasteiger partial charge on any atom is 0.128 e. The molecule has 8 aromatic carbocycles. The van der Waals surface area contributed by atoms with Gasteiger partial charge in [0.25, 0.3) is 0 Å². The van der Waals surface area contributed by atoms with Crippen LogP contribution in [-0.2, 0) is 10.8 Å². The van der Waals surface area contributed by atoms with Crippen molar-refractivity contribution < 1.29 is 4.74 Å². The van der Waals surface area contributed by atoms with Crippen LogP contribution in [0.3, 0.4) is 0 Å². The molecule has 3 nitrogen and oxygen atoms in total. The third-order valence-corrected chi connectivity index (χ3v) is 13.2. The molecule has 0 bridgehead atoms. The van der Waals surface area contributed by atoms with Gasteiger partial charge >= 0.3 is 0 Å². The third kappa shape index (κ3) is 5.53. The first kappa shape index (κ1) is 36.7. The Morgan fingerprint density at radius 3 is 1.00 bits per heavy atom. The van der Waals surface area contributed by atoms with Gasteiger partial charge in [0.1, 0.15) is 11.5 Å². The van der Waals surface area contributed by atoms with Crippen LogP contribution in [0.25, 0.3) is 44.5 Å². The minimum atomic E-state index is -0.721. The fourth-order valence-electron chi connectivity index (χ4n) is 10.7. The van der Waals surface area contributed by atoms with Crippen LogP contribution in [0.2, 0.25) is 0 Å². The van der Waals surface area contributed by atoms with E-state index in [9.17, 15) is 0 Å². The Labute approximate surface area is 367 Å². The second kappa shape index (κ2) is 14.8. The summed E-state index contributed by atoms with van der Waals surface area (Å²) in [6.07, 6.45) is 3.82. The predicted molar refractivity (Wildman–Crippen MR) is 254 cm³/mol. The van der Waals surface area contributed by atoms with Gasteiger partial charge in [-0.25, -0.2) is 0 Å². The van der Waals surface area contributed by atoms with Crippen LogP contribution in [-0.4, -0.2) is 9.97 Å². The van der Waals surface area contributed by atoms with E-state index in [1.165, 1.54) is 33.4 Å². The van der Waals surface area contributed by atoms with E-state index >= 15 is 0 Å². The van der Waals surface area contributed by atoms with Gasteiger partial charge in [-0.05, 0) is 126 Å². The summed E-state index contributed by atoms with van der Waals surface area (Å²) < 4.78 is 7.10. The number of fused-ring (bicyclic) bond motifs is 10. The molecule has 0 amide bonds. The molecule has 2 aliphatic carbocycles. The fourth-order valence-corrected chi connectivity index (χ4v) is 10.7. The van der Waals surface area contributed by atoms with E-state index in [2.05, 4.69) is 218 Å². The zero-order valence-electron chi connectivity index (χ0n) is 34.4. The smallest absolute Gasteiger partial charge is 0.128 e. The molecule has 0 saturated carbocycles. The molecular formula is C60H40N2O. The number of rotatable bonds is 6. The van der Waals surface area contributed by atoms with Crippen LogP contribution in [0.15, 0.2) is 243 Å². The van der Waals surface area contributed by atoms with Crippen molar-refractivity contribution in [2.45, 2.75) is 10.8 Å². The second-order valence-electron chi connectivity index (χ2n) is 16.4. The highest BCUT2D eigenvalue weighted by molar-refractivity contribution is 5.94. The molecule has 2 aliphatic rings. The normalized spacial score (nSPS) is 16.7. The highest BCUT2D eigenvalue weighted by Gasteiger charge is 2.46. The molecule has 12 rings (SSSR count). The summed E-state index contributed by atoms with van der Waals surface area (Å²) in [6, 6.07) is 82.6. The summed E-state index contributed by atoms with van der Waals surface area (Å²) in [6.45, 7) is 0. The Bertz CT molecular complexity index is 3010. The lowest BCUT2D eigenvalue weighted by Crippen LogP contribution is -2.32. The lowest BCUT2D eigenvalue weighted by molar-refractivity contribution is 0.482. The first-order valence-electron chi connectivity index (χ1n) is 21.6. The van der Waals surface area contributed by atoms with E-state index in [0.717, 1.165) is 67.4 Å². The van der Waals surface area contributed by atoms with E-state index in [1.54, 1.807) is 0 Å². The Morgan fingerprint density at radius 2 is 0.603 bits per heavy atom. The molecule has 2 heterocycles. The fraction of sp³-hybridized carbons (Fsp3) is 0.0333. The number of benzene rings is 8. The lowest BCUT2D eigenvalue weighted by atomic mass is 9.65. The maximum atomic E-state index is 7.10. The average molecular weight is 805 g/mol. The van der Waals surface area contributed by atoms with Gasteiger partial charge in [-0.1, -0.05) is 182 Å². The largest absolute Gasteiger partial charge is 0.457 e. The van der Waals surface area contributed by atoms with Crippen LogP contribution < -0.4 is 4.74 Å². The first-order valence-corrected chi connectivity index (χ1v) is 21.6. The van der Waals surface area contributed by atoms with Gasteiger partial charge in [0.05, 0.1) is 22.2 Å². The predicted octanol–water partition coefficient (Wildman–Crippen LogP) is 14.3. The molecule has 0 radical (unpaired) electrons. The first-order chi connectivity index (χ1) is 31.3. The van der Waals surface area contributed by atoms with Crippen LogP contribution >= 0.6 is 0 Å².